The van der Waals surface area contributed by atoms with Crippen LogP contribution in [0.25, 0.3) is 0 Å². The van der Waals surface area contributed by atoms with E-state index in [2.05, 4.69) is 5.32 Å². The largest absolute Gasteiger partial charge is 0.497 e. The van der Waals surface area contributed by atoms with Gasteiger partial charge in [-0.1, -0.05) is 30.3 Å². The third-order valence-corrected chi connectivity index (χ3v) is 4.05. The number of ether oxygens (including phenoxy) is 2. The normalized spacial score (nSPS) is 17.0. The minimum Gasteiger partial charge on any atom is -0.497 e. The van der Waals surface area contributed by atoms with Crippen LogP contribution in [-0.2, 0) is 9.53 Å². The molecule has 0 saturated carbocycles. The van der Waals surface area contributed by atoms with Crippen molar-refractivity contribution in [3.8, 4) is 5.75 Å². The Morgan fingerprint density at radius 1 is 1.12 bits per heavy atom. The number of hydrogen-bond acceptors (Lipinski definition) is 4. The van der Waals surface area contributed by atoms with Gasteiger partial charge in [0.05, 0.1) is 30.7 Å². The molecule has 1 aliphatic rings. The van der Waals surface area contributed by atoms with E-state index in [0.717, 1.165) is 28.3 Å². The van der Waals surface area contributed by atoms with Gasteiger partial charge in [-0.15, -0.1) is 0 Å². The van der Waals surface area contributed by atoms with E-state index in [1.165, 1.54) is 0 Å². The zero-order chi connectivity index (χ0) is 18.7. The lowest BCUT2D eigenvalue weighted by Crippen LogP contribution is -2.33. The maximum Gasteiger partial charge on any atom is 0.251 e. The molecule has 5 nitrogen and oxygen atoms in total. The Hall–Kier alpha value is -2.66. The fourth-order valence-electron chi connectivity index (χ4n) is 2.74. The van der Waals surface area contributed by atoms with Crippen molar-refractivity contribution in [2.24, 2.45) is 4.99 Å². The van der Waals surface area contributed by atoms with E-state index < -0.39 is 6.04 Å². The first-order valence-corrected chi connectivity index (χ1v) is 8.64. The predicted molar refractivity (Wildman–Crippen MR) is 103 cm³/mol. The van der Waals surface area contributed by atoms with Gasteiger partial charge >= 0.3 is 0 Å². The van der Waals surface area contributed by atoms with Gasteiger partial charge in [-0.2, -0.15) is 0 Å². The number of fused-ring (bicyclic) bond motifs is 1. The summed E-state index contributed by atoms with van der Waals surface area (Å²) in [6.45, 7) is 6.10. The number of nitrogens with one attached hydrogen (secondary N) is 1. The monoisotopic (exact) mass is 352 g/mol. The zero-order valence-corrected chi connectivity index (χ0v) is 15.6. The van der Waals surface area contributed by atoms with Crippen molar-refractivity contribution < 1.29 is 14.3 Å². The Morgan fingerprint density at radius 2 is 1.88 bits per heavy atom. The standard InChI is InChI=1S/C21H24N2O3/c1-21(2,3)26-13-18-20(24)23-17-11-6-5-10-16(17)19(22-18)14-8-7-9-15(12-14)25-4/h5-12,18H,13H2,1-4H3,(H,23,24). The molecular weight excluding hydrogens is 328 g/mol. The summed E-state index contributed by atoms with van der Waals surface area (Å²) in [5.41, 5.74) is 2.93. The van der Waals surface area contributed by atoms with Crippen LogP contribution in [0.5, 0.6) is 5.75 Å². The third kappa shape index (κ3) is 4.11. The molecule has 0 spiro atoms. The molecule has 1 unspecified atom stereocenters. The van der Waals surface area contributed by atoms with Gasteiger partial charge in [-0.25, -0.2) is 0 Å². The predicted octanol–water partition coefficient (Wildman–Crippen LogP) is 3.67. The van der Waals surface area contributed by atoms with Gasteiger partial charge in [0.2, 0.25) is 0 Å². The molecule has 136 valence electrons. The molecule has 0 fully saturated rings. The first-order chi connectivity index (χ1) is 12.4. The van der Waals surface area contributed by atoms with Crippen molar-refractivity contribution >= 4 is 17.3 Å². The number of nitrogens with zero attached hydrogens (tertiary/aromatic N) is 1. The number of amides is 1. The van der Waals surface area contributed by atoms with Crippen LogP contribution in [0.3, 0.4) is 0 Å². The van der Waals surface area contributed by atoms with Gasteiger partial charge in [0, 0.05) is 11.1 Å². The smallest absolute Gasteiger partial charge is 0.251 e. The van der Waals surface area contributed by atoms with Crippen LogP contribution < -0.4 is 10.1 Å². The molecule has 1 heterocycles. The Kier molecular flexibility index (Phi) is 5.09. The zero-order valence-electron chi connectivity index (χ0n) is 15.6. The summed E-state index contributed by atoms with van der Waals surface area (Å²) in [5, 5.41) is 2.97. The minimum atomic E-state index is -0.622. The maximum atomic E-state index is 12.7. The molecule has 3 rings (SSSR count). The lowest BCUT2D eigenvalue weighted by molar-refractivity contribution is -0.120. The number of para-hydroxylation sites is 1. The van der Waals surface area contributed by atoms with Gasteiger partial charge < -0.3 is 14.8 Å². The summed E-state index contributed by atoms with van der Waals surface area (Å²) in [6, 6.07) is 14.7. The summed E-state index contributed by atoms with van der Waals surface area (Å²) >= 11 is 0. The van der Waals surface area contributed by atoms with Crippen LogP contribution in [0.4, 0.5) is 5.69 Å². The molecule has 1 aliphatic heterocycles. The second kappa shape index (κ2) is 7.30. The number of carbonyl (C=O) groups excluding carboxylic acids is 1. The highest BCUT2D eigenvalue weighted by Gasteiger charge is 2.27. The quantitative estimate of drug-likeness (QED) is 0.913. The number of anilines is 1. The van der Waals surface area contributed by atoms with Crippen LogP contribution >= 0.6 is 0 Å². The lowest BCUT2D eigenvalue weighted by atomic mass is 10.0. The molecule has 5 heteroatoms. The van der Waals surface area contributed by atoms with E-state index >= 15 is 0 Å². The number of benzene rings is 2. The van der Waals surface area contributed by atoms with Gasteiger partial charge in [-0.05, 0) is 39.0 Å². The number of aliphatic imine (C=N–C) groups is 1. The first kappa shape index (κ1) is 18.1. The highest BCUT2D eigenvalue weighted by Crippen LogP contribution is 2.26. The fourth-order valence-corrected chi connectivity index (χ4v) is 2.74. The van der Waals surface area contributed by atoms with E-state index in [1.807, 2.05) is 69.3 Å². The summed E-state index contributed by atoms with van der Waals surface area (Å²) < 4.78 is 11.2. The number of methoxy groups -OCH3 is 1. The molecule has 0 aliphatic carbocycles. The second-order valence-corrected chi connectivity index (χ2v) is 7.18. The Labute approximate surface area is 154 Å². The Morgan fingerprint density at radius 3 is 2.62 bits per heavy atom. The molecule has 1 atom stereocenters. The molecule has 0 aromatic heterocycles. The lowest BCUT2D eigenvalue weighted by Gasteiger charge is -2.22. The average Bonchev–Trinajstić information content (AvgIpc) is 2.75. The van der Waals surface area contributed by atoms with Crippen molar-refractivity contribution in [3.63, 3.8) is 0 Å². The highest BCUT2D eigenvalue weighted by molar-refractivity contribution is 6.19. The minimum absolute atomic E-state index is 0.167. The Bertz CT molecular complexity index is 837. The van der Waals surface area contributed by atoms with Crippen LogP contribution in [-0.4, -0.2) is 37.0 Å². The number of benzodiazepines with no additional fused rings is 1. The van der Waals surface area contributed by atoms with Crippen molar-refractivity contribution in [1.82, 2.24) is 0 Å². The van der Waals surface area contributed by atoms with Crippen molar-refractivity contribution in [3.05, 3.63) is 59.7 Å². The first-order valence-electron chi connectivity index (χ1n) is 8.64. The summed E-state index contributed by atoms with van der Waals surface area (Å²) in [6.07, 6.45) is 0. The van der Waals surface area contributed by atoms with Crippen molar-refractivity contribution in [2.75, 3.05) is 19.0 Å². The summed E-state index contributed by atoms with van der Waals surface area (Å²) in [5.74, 6) is 0.577. The van der Waals surface area contributed by atoms with Crippen LogP contribution in [0.2, 0.25) is 0 Å². The second-order valence-electron chi connectivity index (χ2n) is 7.18. The Balaban J connectivity index is 2.06. The van der Waals surface area contributed by atoms with E-state index in [9.17, 15) is 4.79 Å². The van der Waals surface area contributed by atoms with Gasteiger partial charge in [0.25, 0.3) is 5.91 Å². The average molecular weight is 352 g/mol. The molecule has 26 heavy (non-hydrogen) atoms. The van der Waals surface area contributed by atoms with Crippen LogP contribution in [0.15, 0.2) is 53.5 Å². The van der Waals surface area contributed by atoms with Crippen molar-refractivity contribution in [1.29, 1.82) is 0 Å². The third-order valence-electron chi connectivity index (χ3n) is 4.05. The van der Waals surface area contributed by atoms with Gasteiger partial charge in [0.15, 0.2) is 6.04 Å². The van der Waals surface area contributed by atoms with E-state index in [0.29, 0.717) is 0 Å². The maximum absolute atomic E-state index is 12.7. The molecule has 0 radical (unpaired) electrons. The molecule has 0 bridgehead atoms. The SMILES string of the molecule is COc1cccc(C2=NC(COC(C)(C)C)C(=O)Nc3ccccc32)c1. The molecule has 1 amide bonds. The number of carbonyl (C=O) groups is 1. The van der Waals surface area contributed by atoms with E-state index in [-0.39, 0.29) is 18.1 Å². The molecule has 1 N–H and O–H groups in total. The fraction of sp³-hybridized carbons (Fsp3) is 0.333. The topological polar surface area (TPSA) is 59.9 Å². The van der Waals surface area contributed by atoms with E-state index in [1.54, 1.807) is 7.11 Å². The molecule has 0 saturated heterocycles. The number of rotatable bonds is 4. The molecular formula is C21H24N2O3. The van der Waals surface area contributed by atoms with Crippen LogP contribution in [0.1, 0.15) is 31.9 Å². The summed E-state index contributed by atoms with van der Waals surface area (Å²) in [4.78, 5) is 17.4. The molecule has 2 aromatic carbocycles. The van der Waals surface area contributed by atoms with Gasteiger partial charge in [0.1, 0.15) is 5.75 Å². The molecule has 2 aromatic rings. The number of hydrogen-bond donors (Lipinski definition) is 1. The van der Waals surface area contributed by atoms with Crippen LogP contribution in [0, 0.1) is 0 Å². The van der Waals surface area contributed by atoms with Crippen molar-refractivity contribution in [2.45, 2.75) is 32.4 Å². The highest BCUT2D eigenvalue weighted by atomic mass is 16.5. The summed E-state index contributed by atoms with van der Waals surface area (Å²) in [7, 11) is 1.63. The van der Waals surface area contributed by atoms with Gasteiger partial charge in [-0.3, -0.25) is 9.79 Å². The van der Waals surface area contributed by atoms with E-state index in [4.69, 9.17) is 14.5 Å².